The standard InChI is InChI=1S/C26H29N7O2/c1-20-9-10-23(35-20)24-22(19-33(30-24)21-7-3-2-4-8-21)25(34)27-13-6-14-31-15-17-32(18-16-31)26-28-11-5-12-29-26/h2-5,7-12,19H,6,13-18H2,1H3,(H,27,34). The number of piperazine rings is 1. The molecule has 1 fully saturated rings. The number of carbonyl (C=O) groups is 1. The molecule has 0 unspecified atom stereocenters. The van der Waals surface area contributed by atoms with Crippen molar-refractivity contribution >= 4 is 11.9 Å². The van der Waals surface area contributed by atoms with Crippen LogP contribution < -0.4 is 10.2 Å². The Morgan fingerprint density at radius 3 is 2.49 bits per heavy atom. The molecule has 1 amide bonds. The number of amides is 1. The summed E-state index contributed by atoms with van der Waals surface area (Å²) in [5.74, 6) is 2.00. The highest BCUT2D eigenvalue weighted by atomic mass is 16.3. The Morgan fingerprint density at radius 2 is 1.77 bits per heavy atom. The topological polar surface area (TPSA) is 92.3 Å². The third-order valence-corrected chi connectivity index (χ3v) is 6.10. The van der Waals surface area contributed by atoms with Gasteiger partial charge in [-0.25, -0.2) is 14.6 Å². The number of aromatic nitrogens is 4. The third-order valence-electron chi connectivity index (χ3n) is 6.10. The van der Waals surface area contributed by atoms with Gasteiger partial charge in [0.15, 0.2) is 5.76 Å². The van der Waals surface area contributed by atoms with Crippen molar-refractivity contribution in [3.63, 3.8) is 0 Å². The zero-order valence-corrected chi connectivity index (χ0v) is 19.8. The van der Waals surface area contributed by atoms with E-state index < -0.39 is 0 Å². The lowest BCUT2D eigenvalue weighted by Gasteiger charge is -2.34. The number of rotatable bonds is 8. The molecule has 1 aliphatic rings. The van der Waals surface area contributed by atoms with Gasteiger partial charge in [-0.1, -0.05) is 18.2 Å². The van der Waals surface area contributed by atoms with Crippen LogP contribution in [-0.4, -0.2) is 69.8 Å². The van der Waals surface area contributed by atoms with Crippen molar-refractivity contribution in [1.82, 2.24) is 30.0 Å². The second kappa shape index (κ2) is 10.5. The Morgan fingerprint density at radius 1 is 1.00 bits per heavy atom. The highest BCUT2D eigenvalue weighted by molar-refractivity contribution is 5.99. The Kier molecular flexibility index (Phi) is 6.85. The van der Waals surface area contributed by atoms with Gasteiger partial charge >= 0.3 is 0 Å². The minimum absolute atomic E-state index is 0.151. The highest BCUT2D eigenvalue weighted by Crippen LogP contribution is 2.25. The predicted octanol–water partition coefficient (Wildman–Crippen LogP) is 3.17. The molecule has 35 heavy (non-hydrogen) atoms. The molecule has 1 aliphatic heterocycles. The molecule has 1 saturated heterocycles. The van der Waals surface area contributed by atoms with Gasteiger partial charge in [-0.05, 0) is 50.2 Å². The molecule has 4 heterocycles. The minimum atomic E-state index is -0.151. The number of anilines is 1. The summed E-state index contributed by atoms with van der Waals surface area (Å²) in [6.07, 6.45) is 6.19. The normalized spacial score (nSPS) is 14.3. The number of nitrogens with one attached hydrogen (secondary N) is 1. The molecule has 1 aromatic carbocycles. The molecule has 0 radical (unpaired) electrons. The number of hydrogen-bond donors (Lipinski definition) is 1. The van der Waals surface area contributed by atoms with Crippen LogP contribution in [0, 0.1) is 6.92 Å². The predicted molar refractivity (Wildman–Crippen MR) is 134 cm³/mol. The van der Waals surface area contributed by atoms with E-state index in [-0.39, 0.29) is 5.91 Å². The van der Waals surface area contributed by atoms with E-state index in [0.29, 0.717) is 23.6 Å². The second-order valence-corrected chi connectivity index (χ2v) is 8.57. The van der Waals surface area contributed by atoms with Gasteiger partial charge in [0.1, 0.15) is 11.5 Å². The maximum absolute atomic E-state index is 13.1. The van der Waals surface area contributed by atoms with E-state index in [1.165, 1.54) is 0 Å². The Bertz CT molecular complexity index is 1250. The fourth-order valence-electron chi connectivity index (χ4n) is 4.22. The van der Waals surface area contributed by atoms with Crippen LogP contribution in [0.25, 0.3) is 17.1 Å². The Labute approximate surface area is 204 Å². The van der Waals surface area contributed by atoms with Gasteiger partial charge < -0.3 is 14.6 Å². The van der Waals surface area contributed by atoms with E-state index in [1.54, 1.807) is 23.3 Å². The van der Waals surface area contributed by atoms with Gasteiger partial charge in [-0.2, -0.15) is 5.10 Å². The number of hydrogen-bond acceptors (Lipinski definition) is 7. The largest absolute Gasteiger partial charge is 0.460 e. The van der Waals surface area contributed by atoms with E-state index in [2.05, 4.69) is 30.2 Å². The molecular formula is C26H29N7O2. The highest BCUT2D eigenvalue weighted by Gasteiger charge is 2.21. The number of benzene rings is 1. The first-order valence-electron chi connectivity index (χ1n) is 11.9. The van der Waals surface area contributed by atoms with Crippen molar-refractivity contribution in [3.8, 4) is 17.1 Å². The quantitative estimate of drug-likeness (QED) is 0.395. The molecule has 1 N–H and O–H groups in total. The summed E-state index contributed by atoms with van der Waals surface area (Å²) >= 11 is 0. The van der Waals surface area contributed by atoms with Crippen LogP contribution in [0.5, 0.6) is 0 Å². The van der Waals surface area contributed by atoms with Crippen molar-refractivity contribution < 1.29 is 9.21 Å². The molecule has 0 bridgehead atoms. The molecule has 3 aromatic heterocycles. The maximum Gasteiger partial charge on any atom is 0.255 e. The van der Waals surface area contributed by atoms with E-state index >= 15 is 0 Å². The molecule has 5 rings (SSSR count). The number of furan rings is 1. The van der Waals surface area contributed by atoms with Gasteiger partial charge in [0.2, 0.25) is 5.95 Å². The second-order valence-electron chi connectivity index (χ2n) is 8.57. The summed E-state index contributed by atoms with van der Waals surface area (Å²) in [4.78, 5) is 26.4. The van der Waals surface area contributed by atoms with Crippen LogP contribution in [0.4, 0.5) is 5.95 Å². The Balaban J connectivity index is 1.17. The minimum Gasteiger partial charge on any atom is -0.460 e. The van der Waals surface area contributed by atoms with E-state index in [0.717, 1.165) is 56.5 Å². The first-order chi connectivity index (χ1) is 17.2. The molecule has 9 heteroatoms. The smallest absolute Gasteiger partial charge is 0.255 e. The maximum atomic E-state index is 13.1. The van der Waals surface area contributed by atoms with Crippen molar-refractivity contribution in [2.45, 2.75) is 13.3 Å². The van der Waals surface area contributed by atoms with E-state index in [9.17, 15) is 4.79 Å². The number of carbonyl (C=O) groups excluding carboxylic acids is 1. The lowest BCUT2D eigenvalue weighted by Crippen LogP contribution is -2.47. The van der Waals surface area contributed by atoms with Gasteiger partial charge in [0.05, 0.1) is 11.3 Å². The zero-order chi connectivity index (χ0) is 24.0. The third kappa shape index (κ3) is 5.41. The van der Waals surface area contributed by atoms with E-state index in [1.807, 2.05) is 55.5 Å². The van der Waals surface area contributed by atoms with Crippen LogP contribution in [0.2, 0.25) is 0 Å². The molecule has 9 nitrogen and oxygen atoms in total. The van der Waals surface area contributed by atoms with Crippen molar-refractivity contribution in [2.75, 3.05) is 44.2 Å². The van der Waals surface area contributed by atoms with Crippen molar-refractivity contribution in [1.29, 1.82) is 0 Å². The molecule has 0 atom stereocenters. The average molecular weight is 472 g/mol. The number of nitrogens with zero attached hydrogens (tertiary/aromatic N) is 6. The van der Waals surface area contributed by atoms with Gasteiger partial charge in [-0.3, -0.25) is 9.69 Å². The van der Waals surface area contributed by atoms with Crippen LogP contribution >= 0.6 is 0 Å². The Hall–Kier alpha value is -3.98. The summed E-state index contributed by atoms with van der Waals surface area (Å²) in [5.41, 5.74) is 1.93. The van der Waals surface area contributed by atoms with Gasteiger partial charge in [0, 0.05) is 51.3 Å². The van der Waals surface area contributed by atoms with Crippen LogP contribution in [-0.2, 0) is 0 Å². The summed E-state index contributed by atoms with van der Waals surface area (Å²) in [5, 5.41) is 7.72. The van der Waals surface area contributed by atoms with Crippen LogP contribution in [0.3, 0.4) is 0 Å². The first-order valence-corrected chi connectivity index (χ1v) is 11.9. The summed E-state index contributed by atoms with van der Waals surface area (Å²) in [7, 11) is 0. The lowest BCUT2D eigenvalue weighted by atomic mass is 10.2. The average Bonchev–Trinajstić information content (AvgIpc) is 3.55. The van der Waals surface area contributed by atoms with Gasteiger partial charge in [-0.15, -0.1) is 0 Å². The molecule has 0 saturated carbocycles. The van der Waals surface area contributed by atoms with Crippen LogP contribution in [0.15, 0.2) is 71.5 Å². The zero-order valence-electron chi connectivity index (χ0n) is 19.8. The molecule has 180 valence electrons. The fraction of sp³-hybridized carbons (Fsp3) is 0.308. The molecule has 0 aliphatic carbocycles. The fourth-order valence-corrected chi connectivity index (χ4v) is 4.22. The molecular weight excluding hydrogens is 442 g/mol. The lowest BCUT2D eigenvalue weighted by molar-refractivity contribution is 0.0952. The number of aryl methyl sites for hydroxylation is 1. The van der Waals surface area contributed by atoms with E-state index in [4.69, 9.17) is 4.42 Å². The SMILES string of the molecule is Cc1ccc(-c2nn(-c3ccccc3)cc2C(=O)NCCCN2CCN(c3ncccn3)CC2)o1. The molecule has 4 aromatic rings. The first kappa shape index (κ1) is 22.8. The summed E-state index contributed by atoms with van der Waals surface area (Å²) in [6, 6.07) is 15.3. The monoisotopic (exact) mass is 471 g/mol. The van der Waals surface area contributed by atoms with Gasteiger partial charge in [0.25, 0.3) is 5.91 Å². The number of para-hydroxylation sites is 1. The summed E-state index contributed by atoms with van der Waals surface area (Å²) in [6.45, 7) is 7.12. The summed E-state index contributed by atoms with van der Waals surface area (Å²) < 4.78 is 7.50. The van der Waals surface area contributed by atoms with Crippen molar-refractivity contribution in [3.05, 3.63) is 78.4 Å². The molecule has 0 spiro atoms. The van der Waals surface area contributed by atoms with Crippen LogP contribution in [0.1, 0.15) is 22.5 Å². The van der Waals surface area contributed by atoms with Crippen molar-refractivity contribution in [2.24, 2.45) is 0 Å².